The number of anilines is 1. The number of carbonyl (C=O) groups is 2. The molecule has 142 valence electrons. The Morgan fingerprint density at radius 2 is 1.85 bits per heavy atom. The summed E-state index contributed by atoms with van der Waals surface area (Å²) in [6, 6.07) is 8.88. The Labute approximate surface area is 164 Å². The summed E-state index contributed by atoms with van der Waals surface area (Å²) in [5, 5.41) is 3.59. The number of hydrogen-bond donors (Lipinski definition) is 1. The molecule has 1 aromatic heterocycles. The molecule has 1 fully saturated rings. The van der Waals surface area contributed by atoms with Crippen molar-refractivity contribution in [2.75, 3.05) is 18.4 Å². The van der Waals surface area contributed by atoms with Gasteiger partial charge in [-0.2, -0.15) is 0 Å². The van der Waals surface area contributed by atoms with E-state index in [1.807, 2.05) is 18.7 Å². The van der Waals surface area contributed by atoms with E-state index in [0.29, 0.717) is 23.7 Å². The maximum Gasteiger partial charge on any atom is 0.254 e. The van der Waals surface area contributed by atoms with E-state index >= 15 is 0 Å². The largest absolute Gasteiger partial charge is 0.339 e. The molecule has 2 aromatic rings. The Kier molecular flexibility index (Phi) is 6.11. The molecule has 1 aliphatic rings. The van der Waals surface area contributed by atoms with Gasteiger partial charge in [-0.25, -0.2) is 0 Å². The maximum atomic E-state index is 12.7. The Morgan fingerprint density at radius 1 is 1.19 bits per heavy atom. The van der Waals surface area contributed by atoms with E-state index in [0.717, 1.165) is 24.1 Å². The Morgan fingerprint density at radius 3 is 2.48 bits per heavy atom. The van der Waals surface area contributed by atoms with Crippen molar-refractivity contribution in [3.63, 3.8) is 0 Å². The number of likely N-dealkylation sites (tertiary alicyclic amines) is 1. The number of nitrogens with one attached hydrogen (secondary N) is 1. The lowest BCUT2D eigenvalue weighted by molar-refractivity contribution is -0.121. The molecule has 3 rings (SSSR count). The fraction of sp³-hybridized carbons (Fsp3) is 0.381. The number of pyridine rings is 1. The summed E-state index contributed by atoms with van der Waals surface area (Å²) in [7, 11) is 0. The fourth-order valence-corrected chi connectivity index (χ4v) is 3.62. The van der Waals surface area contributed by atoms with E-state index in [-0.39, 0.29) is 23.7 Å². The summed E-state index contributed by atoms with van der Waals surface area (Å²) < 4.78 is 0. The number of rotatable bonds is 4. The van der Waals surface area contributed by atoms with Gasteiger partial charge in [0.25, 0.3) is 5.91 Å². The lowest BCUT2D eigenvalue weighted by Crippen LogP contribution is -2.41. The highest BCUT2D eigenvalue weighted by Gasteiger charge is 2.30. The van der Waals surface area contributed by atoms with Gasteiger partial charge in [0.2, 0.25) is 5.91 Å². The van der Waals surface area contributed by atoms with E-state index in [9.17, 15) is 9.59 Å². The second-order valence-electron chi connectivity index (χ2n) is 7.11. The predicted molar refractivity (Wildman–Crippen MR) is 107 cm³/mol. The molecule has 1 atom stereocenters. The number of aromatic nitrogens is 1. The first kappa shape index (κ1) is 19.4. The van der Waals surface area contributed by atoms with Crippen molar-refractivity contribution < 1.29 is 9.59 Å². The number of nitrogens with zero attached hydrogens (tertiary/aromatic N) is 2. The van der Waals surface area contributed by atoms with Gasteiger partial charge in [0, 0.05) is 47.7 Å². The number of amides is 2. The zero-order valence-electron chi connectivity index (χ0n) is 15.6. The maximum absolute atomic E-state index is 12.7. The molecule has 1 aliphatic heterocycles. The van der Waals surface area contributed by atoms with Crippen LogP contribution in [0.2, 0.25) is 5.02 Å². The molecular weight excluding hydrogens is 362 g/mol. The van der Waals surface area contributed by atoms with Crippen LogP contribution in [0.4, 0.5) is 5.69 Å². The zero-order chi connectivity index (χ0) is 19.4. The molecule has 0 aliphatic carbocycles. The average Bonchev–Trinajstić information content (AvgIpc) is 2.69. The smallest absolute Gasteiger partial charge is 0.254 e. The van der Waals surface area contributed by atoms with Gasteiger partial charge in [-0.1, -0.05) is 18.5 Å². The summed E-state index contributed by atoms with van der Waals surface area (Å²) in [6.45, 7) is 5.20. The van der Waals surface area contributed by atoms with Crippen molar-refractivity contribution in [2.24, 2.45) is 11.8 Å². The van der Waals surface area contributed by atoms with Crippen LogP contribution in [-0.2, 0) is 4.79 Å². The molecule has 0 saturated carbocycles. The van der Waals surface area contributed by atoms with E-state index in [2.05, 4.69) is 10.3 Å². The van der Waals surface area contributed by atoms with Crippen LogP contribution in [0.3, 0.4) is 0 Å². The minimum absolute atomic E-state index is 0.00655. The van der Waals surface area contributed by atoms with Crippen molar-refractivity contribution >= 4 is 29.1 Å². The molecule has 0 spiro atoms. The van der Waals surface area contributed by atoms with Crippen LogP contribution in [0, 0.1) is 18.8 Å². The van der Waals surface area contributed by atoms with Crippen LogP contribution in [-0.4, -0.2) is 34.8 Å². The highest BCUT2D eigenvalue weighted by atomic mass is 35.5. The third-order valence-corrected chi connectivity index (χ3v) is 5.56. The fourth-order valence-electron chi connectivity index (χ4n) is 3.49. The minimum atomic E-state index is -0.111. The van der Waals surface area contributed by atoms with Crippen LogP contribution in [0.25, 0.3) is 0 Å². The number of halogens is 1. The first-order valence-corrected chi connectivity index (χ1v) is 9.60. The van der Waals surface area contributed by atoms with Gasteiger partial charge in [-0.15, -0.1) is 0 Å². The quantitative estimate of drug-likeness (QED) is 0.859. The lowest BCUT2D eigenvalue weighted by atomic mass is 9.84. The molecule has 27 heavy (non-hydrogen) atoms. The van der Waals surface area contributed by atoms with Crippen LogP contribution in [0.1, 0.15) is 35.7 Å². The van der Waals surface area contributed by atoms with Crippen LogP contribution < -0.4 is 5.32 Å². The Hall–Kier alpha value is -2.40. The first-order chi connectivity index (χ1) is 13.0. The van der Waals surface area contributed by atoms with Gasteiger partial charge in [-0.3, -0.25) is 14.6 Å². The van der Waals surface area contributed by atoms with Gasteiger partial charge in [0.05, 0.1) is 0 Å². The highest BCUT2D eigenvalue weighted by molar-refractivity contribution is 6.30. The second kappa shape index (κ2) is 8.53. The third-order valence-electron chi connectivity index (χ3n) is 5.31. The van der Waals surface area contributed by atoms with Gasteiger partial charge >= 0.3 is 0 Å². The molecule has 1 saturated heterocycles. The Bertz CT molecular complexity index is 814. The molecule has 1 unspecified atom stereocenters. The topological polar surface area (TPSA) is 62.3 Å². The first-order valence-electron chi connectivity index (χ1n) is 9.22. The molecule has 6 heteroatoms. The number of benzene rings is 1. The van der Waals surface area contributed by atoms with Crippen LogP contribution >= 0.6 is 11.6 Å². The number of hydrogen-bond acceptors (Lipinski definition) is 3. The molecule has 0 radical (unpaired) electrons. The van der Waals surface area contributed by atoms with Crippen molar-refractivity contribution in [3.05, 3.63) is 58.9 Å². The monoisotopic (exact) mass is 385 g/mol. The summed E-state index contributed by atoms with van der Waals surface area (Å²) in [5.74, 6) is 0.208. The molecule has 0 bridgehead atoms. The van der Waals surface area contributed by atoms with Crippen molar-refractivity contribution in [1.29, 1.82) is 0 Å². The molecule has 5 nitrogen and oxygen atoms in total. The van der Waals surface area contributed by atoms with Crippen molar-refractivity contribution in [3.8, 4) is 0 Å². The lowest BCUT2D eigenvalue weighted by Gasteiger charge is -2.34. The summed E-state index contributed by atoms with van der Waals surface area (Å²) >= 11 is 5.88. The van der Waals surface area contributed by atoms with E-state index in [1.165, 1.54) is 0 Å². The number of carbonyl (C=O) groups excluding carboxylic acids is 2. The number of piperidine rings is 1. The minimum Gasteiger partial charge on any atom is -0.339 e. The predicted octanol–water partition coefficient (Wildman–Crippen LogP) is 4.17. The van der Waals surface area contributed by atoms with Crippen LogP contribution in [0.5, 0.6) is 0 Å². The van der Waals surface area contributed by atoms with Gasteiger partial charge in [-0.05, 0) is 61.6 Å². The summed E-state index contributed by atoms with van der Waals surface area (Å²) in [6.07, 6.45) is 5.01. The molecule has 1 N–H and O–H groups in total. The van der Waals surface area contributed by atoms with Crippen molar-refractivity contribution in [1.82, 2.24) is 9.88 Å². The normalized spacial score (nSPS) is 16.0. The summed E-state index contributed by atoms with van der Waals surface area (Å²) in [5.41, 5.74) is 2.34. The van der Waals surface area contributed by atoms with Crippen LogP contribution in [0.15, 0.2) is 42.7 Å². The van der Waals surface area contributed by atoms with E-state index in [4.69, 9.17) is 11.6 Å². The van der Waals surface area contributed by atoms with E-state index in [1.54, 1.807) is 42.7 Å². The van der Waals surface area contributed by atoms with Crippen molar-refractivity contribution in [2.45, 2.75) is 26.7 Å². The SMILES string of the molecule is Cc1cnccc1C(=O)N1CCC(C(C)C(=O)Nc2ccc(Cl)cc2)CC1. The highest BCUT2D eigenvalue weighted by Crippen LogP contribution is 2.27. The Balaban J connectivity index is 1.55. The standard InChI is InChI=1S/C21H24ClN3O2/c1-14-13-23-10-7-19(14)21(27)25-11-8-16(9-12-25)15(2)20(26)24-18-5-3-17(22)4-6-18/h3-7,10,13,15-16H,8-9,11-12H2,1-2H3,(H,24,26). The molecule has 2 amide bonds. The number of aryl methyl sites for hydroxylation is 1. The molecule has 1 aromatic carbocycles. The molecular formula is C21H24ClN3O2. The summed E-state index contributed by atoms with van der Waals surface area (Å²) in [4.78, 5) is 31.2. The second-order valence-corrected chi connectivity index (χ2v) is 7.54. The third kappa shape index (κ3) is 4.66. The van der Waals surface area contributed by atoms with E-state index < -0.39 is 0 Å². The molecule has 2 heterocycles. The average molecular weight is 386 g/mol. The van der Waals surface area contributed by atoms with Gasteiger partial charge in [0.1, 0.15) is 0 Å². The zero-order valence-corrected chi connectivity index (χ0v) is 16.4. The van der Waals surface area contributed by atoms with Gasteiger partial charge < -0.3 is 10.2 Å². The van der Waals surface area contributed by atoms with Gasteiger partial charge in [0.15, 0.2) is 0 Å².